The van der Waals surface area contributed by atoms with Gasteiger partial charge in [0, 0.05) is 32.0 Å². The Morgan fingerprint density at radius 1 is 1.37 bits per heavy atom. The SMILES string of the molecule is NC(CC(=O)N1CCCC1)c1ccc2c(c1)CCO2. The Balaban J connectivity index is 1.66. The van der Waals surface area contributed by atoms with Crippen LogP contribution in [0.25, 0.3) is 0 Å². The molecule has 1 amide bonds. The minimum absolute atomic E-state index is 0.182. The van der Waals surface area contributed by atoms with Crippen LogP contribution in [0.3, 0.4) is 0 Å². The predicted molar refractivity (Wildman–Crippen MR) is 73.0 cm³/mol. The van der Waals surface area contributed by atoms with Gasteiger partial charge in [-0.15, -0.1) is 0 Å². The molecule has 102 valence electrons. The summed E-state index contributed by atoms with van der Waals surface area (Å²) >= 11 is 0. The largest absolute Gasteiger partial charge is 0.493 e. The van der Waals surface area contributed by atoms with Crippen LogP contribution in [0.1, 0.15) is 36.4 Å². The molecule has 1 aromatic carbocycles. The Bertz CT molecular complexity index is 481. The smallest absolute Gasteiger partial charge is 0.224 e. The molecule has 2 N–H and O–H groups in total. The zero-order valence-corrected chi connectivity index (χ0v) is 11.1. The third kappa shape index (κ3) is 2.59. The van der Waals surface area contributed by atoms with Gasteiger partial charge in [0.05, 0.1) is 6.61 Å². The number of amides is 1. The van der Waals surface area contributed by atoms with E-state index in [2.05, 4.69) is 6.07 Å². The summed E-state index contributed by atoms with van der Waals surface area (Å²) in [4.78, 5) is 14.0. The first-order chi connectivity index (χ1) is 9.24. The van der Waals surface area contributed by atoms with Gasteiger partial charge in [0.2, 0.25) is 5.91 Å². The third-order valence-electron chi connectivity index (χ3n) is 3.99. The first kappa shape index (κ1) is 12.5. The Morgan fingerprint density at radius 2 is 2.16 bits per heavy atom. The van der Waals surface area contributed by atoms with Crippen LogP contribution in [0.2, 0.25) is 0 Å². The van der Waals surface area contributed by atoms with Gasteiger partial charge in [-0.05, 0) is 30.0 Å². The van der Waals surface area contributed by atoms with Crippen molar-refractivity contribution in [2.45, 2.75) is 31.7 Å². The van der Waals surface area contributed by atoms with Crippen LogP contribution in [-0.4, -0.2) is 30.5 Å². The number of rotatable bonds is 3. The van der Waals surface area contributed by atoms with E-state index in [-0.39, 0.29) is 11.9 Å². The zero-order valence-electron chi connectivity index (χ0n) is 11.1. The number of ether oxygens (including phenoxy) is 1. The molecule has 0 aromatic heterocycles. The molecule has 2 aliphatic heterocycles. The van der Waals surface area contributed by atoms with E-state index in [0.717, 1.165) is 50.3 Å². The monoisotopic (exact) mass is 260 g/mol. The molecule has 0 radical (unpaired) electrons. The summed E-state index contributed by atoms with van der Waals surface area (Å²) in [5.41, 5.74) is 8.42. The topological polar surface area (TPSA) is 55.6 Å². The average molecular weight is 260 g/mol. The summed E-state index contributed by atoms with van der Waals surface area (Å²) in [5, 5.41) is 0. The lowest BCUT2D eigenvalue weighted by Crippen LogP contribution is -2.30. The lowest BCUT2D eigenvalue weighted by molar-refractivity contribution is -0.130. The van der Waals surface area contributed by atoms with E-state index in [9.17, 15) is 4.79 Å². The van der Waals surface area contributed by atoms with Crippen LogP contribution in [-0.2, 0) is 11.2 Å². The molecular formula is C15H20N2O2. The summed E-state index contributed by atoms with van der Waals surface area (Å²) in [6.45, 7) is 2.54. The molecule has 0 spiro atoms. The molecule has 0 aliphatic carbocycles. The second kappa shape index (κ2) is 5.21. The van der Waals surface area contributed by atoms with Gasteiger partial charge in [0.25, 0.3) is 0 Å². The first-order valence-electron chi connectivity index (χ1n) is 7.03. The number of carbonyl (C=O) groups excluding carboxylic acids is 1. The summed E-state index contributed by atoms with van der Waals surface area (Å²) in [7, 11) is 0. The number of benzene rings is 1. The van der Waals surface area contributed by atoms with E-state index in [0.29, 0.717) is 6.42 Å². The minimum atomic E-state index is -0.209. The summed E-state index contributed by atoms with van der Waals surface area (Å²) < 4.78 is 5.48. The normalized spacial score (nSPS) is 19.1. The molecule has 19 heavy (non-hydrogen) atoms. The summed E-state index contributed by atoms with van der Waals surface area (Å²) in [6.07, 6.45) is 3.59. The second-order valence-corrected chi connectivity index (χ2v) is 5.36. The molecule has 2 aliphatic rings. The summed E-state index contributed by atoms with van der Waals surface area (Å²) in [6, 6.07) is 5.83. The number of nitrogens with two attached hydrogens (primary N) is 1. The van der Waals surface area contributed by atoms with E-state index in [1.165, 1.54) is 5.56 Å². The predicted octanol–water partition coefficient (Wildman–Crippen LogP) is 1.63. The zero-order chi connectivity index (χ0) is 13.2. The molecular weight excluding hydrogens is 240 g/mol. The number of likely N-dealkylation sites (tertiary alicyclic amines) is 1. The Kier molecular flexibility index (Phi) is 3.42. The van der Waals surface area contributed by atoms with Gasteiger partial charge in [0.1, 0.15) is 5.75 Å². The van der Waals surface area contributed by atoms with Crippen LogP contribution < -0.4 is 10.5 Å². The van der Waals surface area contributed by atoms with Gasteiger partial charge in [-0.1, -0.05) is 12.1 Å². The van der Waals surface area contributed by atoms with E-state index < -0.39 is 0 Å². The third-order valence-corrected chi connectivity index (χ3v) is 3.99. The van der Waals surface area contributed by atoms with Crippen molar-refractivity contribution < 1.29 is 9.53 Å². The van der Waals surface area contributed by atoms with Crippen molar-refractivity contribution in [3.63, 3.8) is 0 Å². The van der Waals surface area contributed by atoms with Gasteiger partial charge in [0.15, 0.2) is 0 Å². The highest BCUT2D eigenvalue weighted by Gasteiger charge is 2.22. The van der Waals surface area contributed by atoms with Crippen molar-refractivity contribution in [1.82, 2.24) is 4.90 Å². The fraction of sp³-hybridized carbons (Fsp3) is 0.533. The molecule has 0 saturated carbocycles. The van der Waals surface area contributed by atoms with Crippen molar-refractivity contribution >= 4 is 5.91 Å². The lowest BCUT2D eigenvalue weighted by Gasteiger charge is -2.19. The second-order valence-electron chi connectivity index (χ2n) is 5.36. The highest BCUT2D eigenvalue weighted by Crippen LogP contribution is 2.28. The van der Waals surface area contributed by atoms with E-state index >= 15 is 0 Å². The molecule has 1 fully saturated rings. The van der Waals surface area contributed by atoms with Gasteiger partial charge < -0.3 is 15.4 Å². The molecule has 1 atom stereocenters. The minimum Gasteiger partial charge on any atom is -0.493 e. The molecule has 1 aromatic rings. The number of carbonyl (C=O) groups is 1. The highest BCUT2D eigenvalue weighted by atomic mass is 16.5. The van der Waals surface area contributed by atoms with Crippen molar-refractivity contribution in [2.24, 2.45) is 5.73 Å². The number of fused-ring (bicyclic) bond motifs is 1. The average Bonchev–Trinajstić information content (AvgIpc) is 3.09. The van der Waals surface area contributed by atoms with E-state index in [1.807, 2.05) is 17.0 Å². The maximum absolute atomic E-state index is 12.1. The van der Waals surface area contributed by atoms with Crippen molar-refractivity contribution in [3.8, 4) is 5.75 Å². The fourth-order valence-corrected chi connectivity index (χ4v) is 2.84. The molecule has 1 unspecified atom stereocenters. The van der Waals surface area contributed by atoms with Crippen LogP contribution in [0.4, 0.5) is 0 Å². The number of hydrogen-bond acceptors (Lipinski definition) is 3. The molecule has 4 heteroatoms. The van der Waals surface area contributed by atoms with Crippen molar-refractivity contribution in [1.29, 1.82) is 0 Å². The quantitative estimate of drug-likeness (QED) is 0.898. The molecule has 2 heterocycles. The number of hydrogen-bond donors (Lipinski definition) is 1. The summed E-state index contributed by atoms with van der Waals surface area (Å²) in [5.74, 6) is 1.14. The lowest BCUT2D eigenvalue weighted by atomic mass is 10.0. The van der Waals surface area contributed by atoms with Crippen LogP contribution >= 0.6 is 0 Å². The molecule has 4 nitrogen and oxygen atoms in total. The maximum Gasteiger partial charge on any atom is 0.224 e. The van der Waals surface area contributed by atoms with E-state index in [4.69, 9.17) is 10.5 Å². The van der Waals surface area contributed by atoms with Gasteiger partial charge in [-0.25, -0.2) is 0 Å². The van der Waals surface area contributed by atoms with Crippen LogP contribution in [0.15, 0.2) is 18.2 Å². The molecule has 1 saturated heterocycles. The highest BCUT2D eigenvalue weighted by molar-refractivity contribution is 5.77. The van der Waals surface area contributed by atoms with Crippen LogP contribution in [0, 0.1) is 0 Å². The van der Waals surface area contributed by atoms with Gasteiger partial charge in [-0.3, -0.25) is 4.79 Å². The number of nitrogens with zero attached hydrogens (tertiary/aromatic N) is 1. The van der Waals surface area contributed by atoms with Crippen LogP contribution in [0.5, 0.6) is 5.75 Å². The molecule has 0 bridgehead atoms. The Labute approximate surface area is 113 Å². The molecule has 3 rings (SSSR count). The fourth-order valence-electron chi connectivity index (χ4n) is 2.84. The van der Waals surface area contributed by atoms with Crippen molar-refractivity contribution in [3.05, 3.63) is 29.3 Å². The van der Waals surface area contributed by atoms with Crippen molar-refractivity contribution in [2.75, 3.05) is 19.7 Å². The van der Waals surface area contributed by atoms with Gasteiger partial charge >= 0.3 is 0 Å². The van der Waals surface area contributed by atoms with Gasteiger partial charge in [-0.2, -0.15) is 0 Å². The Hall–Kier alpha value is -1.55. The van der Waals surface area contributed by atoms with E-state index in [1.54, 1.807) is 0 Å². The Morgan fingerprint density at radius 3 is 2.95 bits per heavy atom. The maximum atomic E-state index is 12.1. The first-order valence-corrected chi connectivity index (χ1v) is 7.03. The standard InChI is InChI=1S/C15H20N2O2/c16-13(10-15(18)17-6-1-2-7-17)11-3-4-14-12(9-11)5-8-19-14/h3-4,9,13H,1-2,5-8,10,16H2.